The van der Waals surface area contributed by atoms with Gasteiger partial charge >= 0.3 is 0 Å². The normalized spacial score (nSPS) is 17.4. The third-order valence-electron chi connectivity index (χ3n) is 3.53. The summed E-state index contributed by atoms with van der Waals surface area (Å²) in [5.74, 6) is 0. The van der Waals surface area contributed by atoms with Crippen LogP contribution in [0.4, 0.5) is 5.69 Å². The number of benzene rings is 1. The van der Waals surface area contributed by atoms with Crippen molar-refractivity contribution >= 4 is 5.69 Å². The fourth-order valence-corrected chi connectivity index (χ4v) is 2.56. The number of rotatable bonds is 3. The molecule has 1 aromatic rings. The van der Waals surface area contributed by atoms with Gasteiger partial charge in [0.25, 0.3) is 0 Å². The van der Waals surface area contributed by atoms with Gasteiger partial charge in [-0.3, -0.25) is 0 Å². The number of anilines is 1. The van der Waals surface area contributed by atoms with Crippen molar-refractivity contribution in [3.63, 3.8) is 0 Å². The quantitative estimate of drug-likeness (QED) is 0.817. The zero-order valence-corrected chi connectivity index (χ0v) is 10.1. The van der Waals surface area contributed by atoms with Gasteiger partial charge in [0.2, 0.25) is 0 Å². The minimum Gasteiger partial charge on any atom is -0.382 e. The van der Waals surface area contributed by atoms with E-state index in [0.29, 0.717) is 12.6 Å². The van der Waals surface area contributed by atoms with Crippen molar-refractivity contribution in [2.75, 3.05) is 5.32 Å². The van der Waals surface area contributed by atoms with E-state index in [1.807, 2.05) is 0 Å². The molecule has 0 heterocycles. The third-order valence-corrected chi connectivity index (χ3v) is 3.53. The lowest BCUT2D eigenvalue weighted by molar-refractivity contribution is 0.462. The molecule has 2 nitrogen and oxygen atoms in total. The van der Waals surface area contributed by atoms with Crippen LogP contribution in [0.5, 0.6) is 0 Å². The van der Waals surface area contributed by atoms with Crippen molar-refractivity contribution in [3.8, 4) is 0 Å². The number of hydrogen-bond acceptors (Lipinski definition) is 2. The first-order valence-corrected chi connectivity index (χ1v) is 6.36. The van der Waals surface area contributed by atoms with E-state index < -0.39 is 0 Å². The molecule has 0 aliphatic heterocycles. The van der Waals surface area contributed by atoms with Gasteiger partial charge in [-0.05, 0) is 30.9 Å². The molecule has 88 valence electrons. The van der Waals surface area contributed by atoms with Gasteiger partial charge in [-0.15, -0.1) is 0 Å². The lowest BCUT2D eigenvalue weighted by Crippen LogP contribution is -2.23. The van der Waals surface area contributed by atoms with E-state index in [4.69, 9.17) is 5.73 Å². The van der Waals surface area contributed by atoms with E-state index in [2.05, 4.69) is 30.4 Å². The summed E-state index contributed by atoms with van der Waals surface area (Å²) in [4.78, 5) is 0. The lowest BCUT2D eigenvalue weighted by Gasteiger charge is -2.26. The molecule has 1 aromatic carbocycles. The van der Waals surface area contributed by atoms with E-state index >= 15 is 0 Å². The number of hydrogen-bond donors (Lipinski definition) is 2. The van der Waals surface area contributed by atoms with Crippen LogP contribution in [0, 0.1) is 6.92 Å². The molecule has 1 fully saturated rings. The molecule has 3 N–H and O–H groups in total. The molecule has 0 atom stereocenters. The molecule has 0 saturated heterocycles. The van der Waals surface area contributed by atoms with Crippen LogP contribution in [0.3, 0.4) is 0 Å². The summed E-state index contributed by atoms with van der Waals surface area (Å²) in [5.41, 5.74) is 9.61. The molecule has 1 saturated carbocycles. The summed E-state index contributed by atoms with van der Waals surface area (Å²) in [6, 6.07) is 7.02. The summed E-state index contributed by atoms with van der Waals surface area (Å²) < 4.78 is 0. The maximum absolute atomic E-state index is 5.78. The number of nitrogens with two attached hydrogens (primary N) is 1. The van der Waals surface area contributed by atoms with Gasteiger partial charge in [0.1, 0.15) is 0 Å². The average molecular weight is 218 g/mol. The highest BCUT2D eigenvalue weighted by Crippen LogP contribution is 2.26. The standard InChI is InChI=1S/C14H22N2/c1-11-6-5-7-12(10-15)14(11)16-13-8-3-2-4-9-13/h5-7,13,16H,2-4,8-10,15H2,1H3. The van der Waals surface area contributed by atoms with Crippen molar-refractivity contribution < 1.29 is 0 Å². The van der Waals surface area contributed by atoms with Crippen molar-refractivity contribution in [1.82, 2.24) is 0 Å². The number of aryl methyl sites for hydroxylation is 1. The van der Waals surface area contributed by atoms with Crippen molar-refractivity contribution in [3.05, 3.63) is 29.3 Å². The SMILES string of the molecule is Cc1cccc(CN)c1NC1CCCCC1. The van der Waals surface area contributed by atoms with Crippen molar-refractivity contribution in [1.29, 1.82) is 0 Å². The molecule has 1 aliphatic carbocycles. The Balaban J connectivity index is 2.12. The van der Waals surface area contributed by atoms with Crippen molar-refractivity contribution in [2.45, 2.75) is 51.6 Å². The van der Waals surface area contributed by atoms with Crippen LogP contribution < -0.4 is 11.1 Å². The molecule has 0 aromatic heterocycles. The zero-order valence-electron chi connectivity index (χ0n) is 10.1. The smallest absolute Gasteiger partial charge is 0.0417 e. The minimum atomic E-state index is 0.622. The van der Waals surface area contributed by atoms with Crippen LogP contribution in [0.1, 0.15) is 43.2 Å². The zero-order chi connectivity index (χ0) is 11.4. The summed E-state index contributed by atoms with van der Waals surface area (Å²) >= 11 is 0. The Labute approximate surface area is 98.2 Å². The van der Waals surface area contributed by atoms with E-state index in [1.165, 1.54) is 48.9 Å². The summed E-state index contributed by atoms with van der Waals surface area (Å²) in [6.07, 6.45) is 6.73. The second-order valence-corrected chi connectivity index (χ2v) is 4.79. The van der Waals surface area contributed by atoms with Crippen LogP contribution >= 0.6 is 0 Å². The van der Waals surface area contributed by atoms with Crippen LogP contribution in [0.2, 0.25) is 0 Å². The highest BCUT2D eigenvalue weighted by Gasteiger charge is 2.15. The van der Waals surface area contributed by atoms with Crippen molar-refractivity contribution in [2.24, 2.45) is 5.73 Å². The van der Waals surface area contributed by atoms with Gasteiger partial charge in [-0.25, -0.2) is 0 Å². The third kappa shape index (κ3) is 2.56. The maximum Gasteiger partial charge on any atom is 0.0417 e. The molecule has 16 heavy (non-hydrogen) atoms. The Hall–Kier alpha value is -1.02. The fraction of sp³-hybridized carbons (Fsp3) is 0.571. The molecule has 2 rings (SSSR count). The molecule has 0 amide bonds. The summed E-state index contributed by atoms with van der Waals surface area (Å²) in [7, 11) is 0. The Morgan fingerprint density at radius 3 is 2.69 bits per heavy atom. The van der Waals surface area contributed by atoms with Gasteiger partial charge in [0, 0.05) is 18.3 Å². The molecule has 0 unspecified atom stereocenters. The van der Waals surface area contributed by atoms with Gasteiger partial charge in [-0.1, -0.05) is 37.5 Å². The predicted molar refractivity (Wildman–Crippen MR) is 69.6 cm³/mol. The first kappa shape index (κ1) is 11.5. The average Bonchev–Trinajstić information content (AvgIpc) is 2.33. The van der Waals surface area contributed by atoms with E-state index in [9.17, 15) is 0 Å². The first-order valence-electron chi connectivity index (χ1n) is 6.36. The van der Waals surface area contributed by atoms with Gasteiger partial charge in [0.05, 0.1) is 0 Å². The Bertz CT molecular complexity index is 341. The Morgan fingerprint density at radius 1 is 1.25 bits per heavy atom. The monoisotopic (exact) mass is 218 g/mol. The van der Waals surface area contributed by atoms with Gasteiger partial charge < -0.3 is 11.1 Å². The number of para-hydroxylation sites is 1. The lowest BCUT2D eigenvalue weighted by atomic mass is 9.94. The fourth-order valence-electron chi connectivity index (χ4n) is 2.56. The van der Waals surface area contributed by atoms with E-state index in [0.717, 1.165) is 0 Å². The summed E-state index contributed by atoms with van der Waals surface area (Å²) in [6.45, 7) is 2.78. The topological polar surface area (TPSA) is 38.0 Å². The first-order chi connectivity index (χ1) is 7.81. The second kappa shape index (κ2) is 5.35. The largest absolute Gasteiger partial charge is 0.382 e. The summed E-state index contributed by atoms with van der Waals surface area (Å²) in [5, 5.41) is 3.69. The predicted octanol–water partition coefficient (Wildman–Crippen LogP) is 3.20. The molecule has 0 bridgehead atoms. The van der Waals surface area contributed by atoms with Gasteiger partial charge in [-0.2, -0.15) is 0 Å². The van der Waals surface area contributed by atoms with Crippen LogP contribution in [-0.4, -0.2) is 6.04 Å². The number of nitrogens with one attached hydrogen (secondary N) is 1. The highest BCUT2D eigenvalue weighted by molar-refractivity contribution is 5.57. The van der Waals surface area contributed by atoms with Gasteiger partial charge in [0.15, 0.2) is 0 Å². The van der Waals surface area contributed by atoms with Crippen LogP contribution in [0.25, 0.3) is 0 Å². The Kier molecular flexibility index (Phi) is 3.83. The van der Waals surface area contributed by atoms with E-state index in [1.54, 1.807) is 0 Å². The molecular formula is C14H22N2. The van der Waals surface area contributed by atoms with E-state index in [-0.39, 0.29) is 0 Å². The molecule has 1 aliphatic rings. The molecule has 0 spiro atoms. The maximum atomic E-state index is 5.78. The molecule has 0 radical (unpaired) electrons. The second-order valence-electron chi connectivity index (χ2n) is 4.79. The molecule has 2 heteroatoms. The minimum absolute atomic E-state index is 0.622. The van der Waals surface area contributed by atoms with Crippen LogP contribution in [0.15, 0.2) is 18.2 Å². The van der Waals surface area contributed by atoms with Crippen LogP contribution in [-0.2, 0) is 6.54 Å². The Morgan fingerprint density at radius 2 is 2.00 bits per heavy atom. The highest BCUT2D eigenvalue weighted by atomic mass is 14.9. The molecular weight excluding hydrogens is 196 g/mol.